The molecule has 1 amide bonds. The Hall–Kier alpha value is -1.59. The average Bonchev–Trinajstić information content (AvgIpc) is 2.38. The fraction of sp³-hybridized carbons (Fsp3) is 0.0769. The van der Waals surface area contributed by atoms with Gasteiger partial charge in [-0.15, -0.1) is 0 Å². The number of hydrogen-bond donors (Lipinski definition) is 1. The van der Waals surface area contributed by atoms with Crippen LogP contribution in [0.5, 0.6) is 0 Å². The van der Waals surface area contributed by atoms with E-state index in [2.05, 4.69) is 20.9 Å². The van der Waals surface area contributed by atoms with E-state index >= 15 is 0 Å². The minimum absolute atomic E-state index is 0.245. The number of carbonyl (C=O) groups is 1. The SMILES string of the molecule is CN(C(=O)c1ccc(Cl)cn1)c1ccc(Br)cc1N. The van der Waals surface area contributed by atoms with E-state index in [0.29, 0.717) is 22.1 Å². The van der Waals surface area contributed by atoms with Crippen LogP contribution in [-0.2, 0) is 0 Å². The first-order valence-corrected chi connectivity index (χ1v) is 6.61. The summed E-state index contributed by atoms with van der Waals surface area (Å²) in [5.41, 5.74) is 7.35. The Kier molecular flexibility index (Phi) is 4.07. The van der Waals surface area contributed by atoms with E-state index in [9.17, 15) is 4.79 Å². The Morgan fingerprint density at radius 2 is 2.11 bits per heavy atom. The number of rotatable bonds is 2. The molecule has 1 heterocycles. The number of benzene rings is 1. The summed E-state index contributed by atoms with van der Waals surface area (Å²) >= 11 is 9.07. The summed E-state index contributed by atoms with van der Waals surface area (Å²) in [6, 6.07) is 8.54. The monoisotopic (exact) mass is 339 g/mol. The smallest absolute Gasteiger partial charge is 0.276 e. The fourth-order valence-corrected chi connectivity index (χ4v) is 2.10. The van der Waals surface area contributed by atoms with E-state index in [1.165, 1.54) is 11.1 Å². The third-order valence-electron chi connectivity index (χ3n) is 2.60. The maximum Gasteiger partial charge on any atom is 0.276 e. The number of aromatic nitrogens is 1. The zero-order chi connectivity index (χ0) is 14.0. The lowest BCUT2D eigenvalue weighted by atomic mass is 10.2. The van der Waals surface area contributed by atoms with Crippen molar-refractivity contribution in [3.63, 3.8) is 0 Å². The number of carbonyl (C=O) groups excluding carboxylic acids is 1. The molecular weight excluding hydrogens is 330 g/mol. The van der Waals surface area contributed by atoms with E-state index in [0.717, 1.165) is 4.47 Å². The van der Waals surface area contributed by atoms with Crippen molar-refractivity contribution >= 4 is 44.8 Å². The Morgan fingerprint density at radius 3 is 2.68 bits per heavy atom. The molecule has 0 saturated heterocycles. The predicted octanol–water partition coefficient (Wildman–Crippen LogP) is 3.36. The van der Waals surface area contributed by atoms with E-state index in [4.69, 9.17) is 17.3 Å². The van der Waals surface area contributed by atoms with Gasteiger partial charge >= 0.3 is 0 Å². The van der Waals surface area contributed by atoms with Crippen LogP contribution in [0.15, 0.2) is 41.0 Å². The molecule has 1 aromatic carbocycles. The number of pyridine rings is 1. The average molecular weight is 341 g/mol. The van der Waals surface area contributed by atoms with Gasteiger partial charge in [0.1, 0.15) is 5.69 Å². The number of hydrogen-bond acceptors (Lipinski definition) is 3. The number of amides is 1. The summed E-state index contributed by atoms with van der Waals surface area (Å²) in [6.45, 7) is 0. The first-order valence-electron chi connectivity index (χ1n) is 5.43. The van der Waals surface area contributed by atoms with Crippen molar-refractivity contribution in [2.24, 2.45) is 0 Å². The van der Waals surface area contributed by atoms with E-state index in [1.807, 2.05) is 6.07 Å². The highest BCUT2D eigenvalue weighted by atomic mass is 79.9. The zero-order valence-electron chi connectivity index (χ0n) is 10.1. The molecule has 98 valence electrons. The van der Waals surface area contributed by atoms with E-state index in [1.54, 1.807) is 31.3 Å². The van der Waals surface area contributed by atoms with Crippen LogP contribution in [0, 0.1) is 0 Å². The lowest BCUT2D eigenvalue weighted by molar-refractivity contribution is 0.0988. The molecule has 0 aliphatic heterocycles. The van der Waals surface area contributed by atoms with E-state index < -0.39 is 0 Å². The molecule has 6 heteroatoms. The van der Waals surface area contributed by atoms with Crippen LogP contribution in [0.3, 0.4) is 0 Å². The van der Waals surface area contributed by atoms with Gasteiger partial charge in [0.25, 0.3) is 5.91 Å². The highest BCUT2D eigenvalue weighted by molar-refractivity contribution is 9.10. The molecule has 0 radical (unpaired) electrons. The van der Waals surface area contributed by atoms with Gasteiger partial charge in [-0.3, -0.25) is 4.79 Å². The molecule has 0 aliphatic carbocycles. The topological polar surface area (TPSA) is 59.2 Å². The number of nitrogens with zero attached hydrogens (tertiary/aromatic N) is 2. The Balaban J connectivity index is 2.30. The number of nitrogens with two attached hydrogens (primary N) is 1. The molecule has 0 atom stereocenters. The molecule has 2 aromatic rings. The summed E-state index contributed by atoms with van der Waals surface area (Å²) < 4.78 is 0.860. The first-order chi connectivity index (χ1) is 8.99. The second kappa shape index (κ2) is 5.59. The van der Waals surface area contributed by atoms with E-state index in [-0.39, 0.29) is 5.91 Å². The standard InChI is InChI=1S/C13H11BrClN3O/c1-18(12-5-2-8(14)6-10(12)16)13(19)11-4-3-9(15)7-17-11/h2-7H,16H2,1H3. The van der Waals surface area contributed by atoms with Crippen molar-refractivity contribution in [1.82, 2.24) is 4.98 Å². The van der Waals surface area contributed by atoms with Gasteiger partial charge in [-0.05, 0) is 30.3 Å². The molecule has 19 heavy (non-hydrogen) atoms. The Morgan fingerprint density at radius 1 is 1.37 bits per heavy atom. The lowest BCUT2D eigenvalue weighted by Crippen LogP contribution is -2.27. The molecule has 0 unspecified atom stereocenters. The summed E-state index contributed by atoms with van der Waals surface area (Å²) in [6.07, 6.45) is 1.44. The second-order valence-electron chi connectivity index (χ2n) is 3.93. The summed E-state index contributed by atoms with van der Waals surface area (Å²) in [4.78, 5) is 17.7. The molecule has 0 fully saturated rings. The maximum absolute atomic E-state index is 12.2. The summed E-state index contributed by atoms with van der Waals surface area (Å²) in [5.74, 6) is -0.245. The first kappa shape index (κ1) is 13.8. The molecule has 1 aromatic heterocycles. The highest BCUT2D eigenvalue weighted by Crippen LogP contribution is 2.26. The number of anilines is 2. The van der Waals surface area contributed by atoms with Crippen LogP contribution >= 0.6 is 27.5 Å². The predicted molar refractivity (Wildman–Crippen MR) is 80.5 cm³/mol. The molecule has 2 rings (SSSR count). The van der Waals surface area contributed by atoms with Gasteiger partial charge in [-0.25, -0.2) is 4.98 Å². The fourth-order valence-electron chi connectivity index (χ4n) is 1.61. The largest absolute Gasteiger partial charge is 0.397 e. The van der Waals surface area contributed by atoms with Crippen molar-refractivity contribution < 1.29 is 4.79 Å². The molecule has 0 bridgehead atoms. The second-order valence-corrected chi connectivity index (χ2v) is 5.28. The van der Waals surface area contributed by atoms with Gasteiger partial charge < -0.3 is 10.6 Å². The quantitative estimate of drug-likeness (QED) is 0.853. The minimum atomic E-state index is -0.245. The van der Waals surface area contributed by atoms with Gasteiger partial charge in [0.2, 0.25) is 0 Å². The number of nitrogen functional groups attached to an aromatic ring is 1. The third kappa shape index (κ3) is 3.05. The molecule has 4 nitrogen and oxygen atoms in total. The molecule has 2 N–H and O–H groups in total. The summed E-state index contributed by atoms with van der Waals surface area (Å²) in [7, 11) is 1.65. The molecule has 0 aliphatic rings. The van der Waals surface area contributed by atoms with Crippen molar-refractivity contribution in [1.29, 1.82) is 0 Å². The van der Waals surface area contributed by atoms with Gasteiger partial charge in [0.15, 0.2) is 0 Å². The van der Waals surface area contributed by atoms with Crippen molar-refractivity contribution in [3.8, 4) is 0 Å². The maximum atomic E-state index is 12.2. The number of halogens is 2. The molecule has 0 saturated carbocycles. The highest BCUT2D eigenvalue weighted by Gasteiger charge is 2.16. The van der Waals surface area contributed by atoms with Crippen LogP contribution in [0.4, 0.5) is 11.4 Å². The van der Waals surface area contributed by atoms with Gasteiger partial charge in [0, 0.05) is 17.7 Å². The minimum Gasteiger partial charge on any atom is -0.397 e. The van der Waals surface area contributed by atoms with Crippen molar-refractivity contribution in [2.75, 3.05) is 17.7 Å². The van der Waals surface area contributed by atoms with Crippen LogP contribution < -0.4 is 10.6 Å². The van der Waals surface area contributed by atoms with Crippen LogP contribution in [0.1, 0.15) is 10.5 Å². The Labute approximate surface area is 124 Å². The normalized spacial score (nSPS) is 10.3. The van der Waals surface area contributed by atoms with Crippen LogP contribution in [0.25, 0.3) is 0 Å². The van der Waals surface area contributed by atoms with Gasteiger partial charge in [-0.2, -0.15) is 0 Å². The van der Waals surface area contributed by atoms with Crippen LogP contribution in [-0.4, -0.2) is 17.9 Å². The van der Waals surface area contributed by atoms with Crippen molar-refractivity contribution in [3.05, 3.63) is 51.7 Å². The van der Waals surface area contributed by atoms with Gasteiger partial charge in [-0.1, -0.05) is 27.5 Å². The van der Waals surface area contributed by atoms with Gasteiger partial charge in [0.05, 0.1) is 16.4 Å². The Bertz CT molecular complexity index is 616. The zero-order valence-corrected chi connectivity index (χ0v) is 12.4. The van der Waals surface area contributed by atoms with Crippen molar-refractivity contribution in [2.45, 2.75) is 0 Å². The summed E-state index contributed by atoms with van der Waals surface area (Å²) in [5, 5.41) is 0.488. The van der Waals surface area contributed by atoms with Crippen LogP contribution in [0.2, 0.25) is 5.02 Å². The third-order valence-corrected chi connectivity index (χ3v) is 3.32. The molecule has 0 spiro atoms. The molecular formula is C13H11BrClN3O. The lowest BCUT2D eigenvalue weighted by Gasteiger charge is -2.19.